The molecule has 8 aliphatic carbocycles. The molecule has 1 aromatic rings. The SMILES string of the molecule is CC1(C)C2=CC(N(C3=CCC(C4=CC5C6C=CC=CC6N(C6C=CC=CC6)C5CC4)CC3)c3ccc(C4=CC=CCC4)cc3)CC=C2C2=C1CCC=C2. The average molecular weight is 697 g/mol. The Hall–Kier alpha value is -4.14. The molecule has 270 valence electrons. The number of hydrogen-bond donors (Lipinski definition) is 0. The minimum absolute atomic E-state index is 0.0978. The van der Waals surface area contributed by atoms with Gasteiger partial charge in [0.15, 0.2) is 0 Å². The van der Waals surface area contributed by atoms with Crippen LogP contribution in [0.3, 0.4) is 0 Å². The summed E-state index contributed by atoms with van der Waals surface area (Å²) in [5.41, 5.74) is 13.8. The molecule has 53 heavy (non-hydrogen) atoms. The second-order valence-corrected chi connectivity index (χ2v) is 17.5. The van der Waals surface area contributed by atoms with Gasteiger partial charge in [-0.3, -0.25) is 4.90 Å². The quantitative estimate of drug-likeness (QED) is 0.273. The standard InChI is InChI=1S/C51H56N2/c1-51(2)47-19-11-9-17-43(47)44-31-30-42(34-48(44)51)52(40-26-21-36(22-27-40)35-13-5-3-6-14-35)41-28-23-37(24-29-41)38-25-32-50-46(33-38)45-18-10-12-20-49(45)53(50)39-15-7-4-8-16-39/h3-5,7-10,12-13,15,17-18,20-22,26-28,31,33-34,37,39,42,45-46,49-50H,6,11,14,16,19,23-25,29-30,32H2,1-2H3. The second kappa shape index (κ2) is 13.6. The van der Waals surface area contributed by atoms with E-state index in [0.29, 0.717) is 41.9 Å². The van der Waals surface area contributed by atoms with Crippen LogP contribution in [0.25, 0.3) is 5.57 Å². The fourth-order valence-electron chi connectivity index (χ4n) is 11.8. The number of anilines is 1. The fourth-order valence-corrected chi connectivity index (χ4v) is 11.8. The Morgan fingerprint density at radius 1 is 0.736 bits per heavy atom. The Morgan fingerprint density at radius 2 is 1.60 bits per heavy atom. The van der Waals surface area contributed by atoms with Gasteiger partial charge in [-0.05, 0) is 117 Å². The van der Waals surface area contributed by atoms with Crippen molar-refractivity contribution in [3.63, 3.8) is 0 Å². The van der Waals surface area contributed by atoms with Crippen LogP contribution in [-0.2, 0) is 0 Å². The van der Waals surface area contributed by atoms with E-state index in [1.807, 2.05) is 0 Å². The number of hydrogen-bond acceptors (Lipinski definition) is 2. The van der Waals surface area contributed by atoms with Gasteiger partial charge < -0.3 is 4.90 Å². The molecule has 0 aromatic heterocycles. The zero-order valence-corrected chi connectivity index (χ0v) is 31.8. The predicted octanol–water partition coefficient (Wildman–Crippen LogP) is 12.2. The first-order chi connectivity index (χ1) is 26.0. The molecule has 9 aliphatic rings. The summed E-state index contributed by atoms with van der Waals surface area (Å²) in [7, 11) is 0. The Kier molecular flexibility index (Phi) is 8.59. The van der Waals surface area contributed by atoms with E-state index >= 15 is 0 Å². The first-order valence-corrected chi connectivity index (χ1v) is 21.0. The van der Waals surface area contributed by atoms with Gasteiger partial charge in [0.25, 0.3) is 0 Å². The largest absolute Gasteiger partial charge is 0.338 e. The third-order valence-corrected chi connectivity index (χ3v) is 14.4. The van der Waals surface area contributed by atoms with Gasteiger partial charge in [0.1, 0.15) is 0 Å². The van der Waals surface area contributed by atoms with Gasteiger partial charge in [0.2, 0.25) is 0 Å². The van der Waals surface area contributed by atoms with Crippen LogP contribution in [0.15, 0.2) is 161 Å². The highest BCUT2D eigenvalue weighted by Gasteiger charge is 2.49. The summed E-state index contributed by atoms with van der Waals surface area (Å²) >= 11 is 0. The molecule has 1 aromatic carbocycles. The highest BCUT2D eigenvalue weighted by Crippen LogP contribution is 2.55. The number of allylic oxidation sites excluding steroid dienone is 17. The lowest BCUT2D eigenvalue weighted by Gasteiger charge is -2.41. The molecule has 1 aliphatic heterocycles. The highest BCUT2D eigenvalue weighted by molar-refractivity contribution is 5.72. The van der Waals surface area contributed by atoms with Crippen LogP contribution in [0.5, 0.6) is 0 Å². The Balaban J connectivity index is 0.938. The van der Waals surface area contributed by atoms with Gasteiger partial charge in [0, 0.05) is 46.8 Å². The van der Waals surface area contributed by atoms with Crippen molar-refractivity contribution in [1.82, 2.24) is 4.90 Å². The van der Waals surface area contributed by atoms with Crippen molar-refractivity contribution in [3.8, 4) is 0 Å². The van der Waals surface area contributed by atoms with Gasteiger partial charge in [-0.15, -0.1) is 0 Å². The van der Waals surface area contributed by atoms with E-state index in [9.17, 15) is 0 Å². The van der Waals surface area contributed by atoms with Crippen LogP contribution in [0.2, 0.25) is 0 Å². The molecule has 0 N–H and O–H groups in total. The third-order valence-electron chi connectivity index (χ3n) is 14.4. The number of fused-ring (bicyclic) bond motifs is 5. The van der Waals surface area contributed by atoms with E-state index in [1.165, 1.54) is 65.8 Å². The first kappa shape index (κ1) is 33.4. The van der Waals surface area contributed by atoms with Crippen LogP contribution in [0.4, 0.5) is 5.69 Å². The molecular weight excluding hydrogens is 641 g/mol. The molecule has 0 spiro atoms. The summed E-state index contributed by atoms with van der Waals surface area (Å²) in [6.45, 7) is 4.95. The lowest BCUT2D eigenvalue weighted by Crippen LogP contribution is -2.45. The van der Waals surface area contributed by atoms with Crippen LogP contribution in [-0.4, -0.2) is 29.1 Å². The van der Waals surface area contributed by atoms with E-state index in [4.69, 9.17) is 0 Å². The van der Waals surface area contributed by atoms with Crippen molar-refractivity contribution < 1.29 is 0 Å². The number of likely N-dealkylation sites (tertiary alicyclic amines) is 1. The molecule has 7 unspecified atom stereocenters. The number of rotatable bonds is 6. The van der Waals surface area contributed by atoms with Crippen molar-refractivity contribution in [2.45, 2.75) is 109 Å². The molecule has 10 rings (SSSR count). The molecular formula is C51H56N2. The van der Waals surface area contributed by atoms with Gasteiger partial charge >= 0.3 is 0 Å². The normalized spacial score (nSPS) is 33.7. The van der Waals surface area contributed by atoms with Crippen LogP contribution < -0.4 is 4.90 Å². The Labute approximate surface area is 318 Å². The summed E-state index contributed by atoms with van der Waals surface area (Å²) in [6.07, 6.45) is 54.2. The van der Waals surface area contributed by atoms with E-state index in [0.717, 1.165) is 38.5 Å². The van der Waals surface area contributed by atoms with Crippen molar-refractivity contribution in [3.05, 3.63) is 167 Å². The summed E-state index contributed by atoms with van der Waals surface area (Å²) in [6, 6.07) is 11.6. The van der Waals surface area contributed by atoms with Crippen LogP contribution in [0, 0.1) is 23.2 Å². The summed E-state index contributed by atoms with van der Waals surface area (Å²) in [5.74, 6) is 1.88. The minimum Gasteiger partial charge on any atom is -0.338 e. The zero-order valence-electron chi connectivity index (χ0n) is 31.8. The maximum atomic E-state index is 2.89. The molecule has 0 saturated carbocycles. The Morgan fingerprint density at radius 3 is 2.42 bits per heavy atom. The smallest absolute Gasteiger partial charge is 0.0559 e. The van der Waals surface area contributed by atoms with Gasteiger partial charge in [-0.2, -0.15) is 0 Å². The zero-order chi connectivity index (χ0) is 35.5. The third kappa shape index (κ3) is 5.79. The maximum absolute atomic E-state index is 2.89. The molecule has 1 fully saturated rings. The van der Waals surface area contributed by atoms with Crippen LogP contribution >= 0.6 is 0 Å². The molecule has 2 nitrogen and oxygen atoms in total. The summed E-state index contributed by atoms with van der Waals surface area (Å²) < 4.78 is 0. The lowest BCUT2D eigenvalue weighted by atomic mass is 9.73. The number of benzene rings is 1. The van der Waals surface area contributed by atoms with Crippen molar-refractivity contribution >= 4 is 11.3 Å². The fraction of sp³-hybridized carbons (Fsp3) is 0.412. The van der Waals surface area contributed by atoms with Crippen molar-refractivity contribution in [2.75, 3.05) is 4.90 Å². The topological polar surface area (TPSA) is 6.48 Å². The molecule has 0 bridgehead atoms. The molecule has 2 heteroatoms. The summed E-state index contributed by atoms with van der Waals surface area (Å²) in [5, 5.41) is 0. The Bertz CT molecular complexity index is 2030. The summed E-state index contributed by atoms with van der Waals surface area (Å²) in [4.78, 5) is 5.63. The van der Waals surface area contributed by atoms with E-state index in [-0.39, 0.29) is 5.41 Å². The molecule has 0 radical (unpaired) electrons. The van der Waals surface area contributed by atoms with Gasteiger partial charge in [-0.25, -0.2) is 0 Å². The maximum Gasteiger partial charge on any atom is 0.0559 e. The van der Waals surface area contributed by atoms with E-state index in [1.54, 1.807) is 16.7 Å². The van der Waals surface area contributed by atoms with Crippen molar-refractivity contribution in [2.24, 2.45) is 23.2 Å². The highest BCUT2D eigenvalue weighted by atomic mass is 15.3. The van der Waals surface area contributed by atoms with Crippen LogP contribution in [0.1, 0.15) is 90.0 Å². The van der Waals surface area contributed by atoms with Gasteiger partial charge in [-0.1, -0.05) is 140 Å². The lowest BCUT2D eigenvalue weighted by molar-refractivity contribution is 0.154. The van der Waals surface area contributed by atoms with E-state index < -0.39 is 0 Å². The average Bonchev–Trinajstić information content (AvgIpc) is 3.67. The van der Waals surface area contributed by atoms with E-state index in [2.05, 4.69) is 151 Å². The number of nitrogens with zero attached hydrogens (tertiary/aromatic N) is 2. The minimum atomic E-state index is 0.0978. The second-order valence-electron chi connectivity index (χ2n) is 17.5. The monoisotopic (exact) mass is 696 g/mol. The molecule has 1 heterocycles. The van der Waals surface area contributed by atoms with Gasteiger partial charge in [0.05, 0.1) is 6.04 Å². The van der Waals surface area contributed by atoms with Crippen molar-refractivity contribution in [1.29, 1.82) is 0 Å². The molecule has 1 saturated heterocycles. The molecule has 7 atom stereocenters. The predicted molar refractivity (Wildman–Crippen MR) is 223 cm³/mol. The first-order valence-electron chi connectivity index (χ1n) is 21.0. The molecule has 0 amide bonds.